The van der Waals surface area contributed by atoms with Crippen molar-refractivity contribution >= 4 is 0 Å². The van der Waals surface area contributed by atoms with E-state index >= 15 is 0 Å². The van der Waals surface area contributed by atoms with Gasteiger partial charge in [0.2, 0.25) is 0 Å². The first kappa shape index (κ1) is 10.2. The Labute approximate surface area is 80.4 Å². The van der Waals surface area contributed by atoms with Crippen LogP contribution in [0.2, 0.25) is 0 Å². The maximum absolute atomic E-state index is 4.19. The van der Waals surface area contributed by atoms with Gasteiger partial charge in [0.1, 0.15) is 0 Å². The van der Waals surface area contributed by atoms with Crippen LogP contribution in [-0.2, 0) is 13.0 Å². The molecule has 0 unspecified atom stereocenters. The van der Waals surface area contributed by atoms with E-state index < -0.39 is 0 Å². The number of hydrogen-bond acceptors (Lipinski definition) is 2. The molecule has 0 spiro atoms. The van der Waals surface area contributed by atoms with Crippen LogP contribution in [0.4, 0.5) is 0 Å². The number of nitrogens with one attached hydrogen (secondary N) is 1. The molecule has 1 aromatic rings. The Kier molecular flexibility index (Phi) is 4.47. The maximum atomic E-state index is 4.19. The molecule has 1 heterocycles. The highest BCUT2D eigenvalue weighted by molar-refractivity contribution is 5.17. The van der Waals surface area contributed by atoms with Crippen LogP contribution in [0, 0.1) is 0 Å². The van der Waals surface area contributed by atoms with E-state index in [-0.39, 0.29) is 0 Å². The van der Waals surface area contributed by atoms with Crippen LogP contribution < -0.4 is 5.32 Å². The fourth-order valence-corrected chi connectivity index (χ4v) is 1.24. The Morgan fingerprint density at radius 1 is 1.23 bits per heavy atom. The Morgan fingerprint density at radius 2 is 2.00 bits per heavy atom. The van der Waals surface area contributed by atoms with E-state index in [1.165, 1.54) is 17.5 Å². The molecule has 0 aromatic carbocycles. The fourth-order valence-electron chi connectivity index (χ4n) is 1.24. The van der Waals surface area contributed by atoms with E-state index in [9.17, 15) is 0 Å². The summed E-state index contributed by atoms with van der Waals surface area (Å²) < 4.78 is 0. The molecule has 0 atom stereocenters. The molecule has 0 aliphatic carbocycles. The van der Waals surface area contributed by atoms with E-state index in [0.717, 1.165) is 19.5 Å². The van der Waals surface area contributed by atoms with Crippen molar-refractivity contribution in [3.63, 3.8) is 0 Å². The molecular formula is C11H18N2. The summed E-state index contributed by atoms with van der Waals surface area (Å²) in [6, 6.07) is 2.22. The van der Waals surface area contributed by atoms with Gasteiger partial charge in [-0.1, -0.05) is 19.9 Å². The summed E-state index contributed by atoms with van der Waals surface area (Å²) in [6.45, 7) is 6.35. The third-order valence-corrected chi connectivity index (χ3v) is 2.02. The van der Waals surface area contributed by atoms with Gasteiger partial charge in [0, 0.05) is 18.9 Å². The monoisotopic (exact) mass is 178 g/mol. The first-order valence-electron chi connectivity index (χ1n) is 5.00. The highest BCUT2D eigenvalue weighted by atomic mass is 14.8. The lowest BCUT2D eigenvalue weighted by molar-refractivity contribution is 0.673. The van der Waals surface area contributed by atoms with Crippen molar-refractivity contribution in [1.82, 2.24) is 10.3 Å². The van der Waals surface area contributed by atoms with Gasteiger partial charge in [-0.25, -0.2) is 0 Å². The van der Waals surface area contributed by atoms with Gasteiger partial charge in [0.25, 0.3) is 0 Å². The average Bonchev–Trinajstić information content (AvgIpc) is 2.19. The number of pyridine rings is 1. The molecule has 0 bridgehead atoms. The third-order valence-electron chi connectivity index (χ3n) is 2.02. The van der Waals surface area contributed by atoms with E-state index in [1.807, 2.05) is 12.4 Å². The van der Waals surface area contributed by atoms with Gasteiger partial charge in [-0.15, -0.1) is 0 Å². The van der Waals surface area contributed by atoms with Gasteiger partial charge in [-0.2, -0.15) is 0 Å². The van der Waals surface area contributed by atoms with Crippen LogP contribution in [0.15, 0.2) is 18.5 Å². The maximum Gasteiger partial charge on any atom is 0.0313 e. The Balaban J connectivity index is 2.46. The van der Waals surface area contributed by atoms with Gasteiger partial charge in [0.05, 0.1) is 0 Å². The normalized spacial score (nSPS) is 10.3. The molecule has 0 radical (unpaired) electrons. The second kappa shape index (κ2) is 5.70. The minimum absolute atomic E-state index is 0.939. The van der Waals surface area contributed by atoms with Gasteiger partial charge in [-0.3, -0.25) is 4.98 Å². The van der Waals surface area contributed by atoms with Gasteiger partial charge >= 0.3 is 0 Å². The third kappa shape index (κ3) is 3.55. The molecule has 72 valence electrons. The Bertz CT molecular complexity index is 246. The second-order valence-corrected chi connectivity index (χ2v) is 3.23. The highest BCUT2D eigenvalue weighted by Crippen LogP contribution is 2.02. The zero-order valence-electron chi connectivity index (χ0n) is 8.51. The van der Waals surface area contributed by atoms with Crippen molar-refractivity contribution in [2.75, 3.05) is 6.54 Å². The summed E-state index contributed by atoms with van der Waals surface area (Å²) in [5, 5.41) is 3.36. The molecule has 1 N–H and O–H groups in total. The summed E-state index contributed by atoms with van der Waals surface area (Å²) in [5.41, 5.74) is 2.60. The molecule has 0 aliphatic rings. The number of rotatable bonds is 5. The van der Waals surface area contributed by atoms with E-state index in [0.29, 0.717) is 0 Å². The van der Waals surface area contributed by atoms with Gasteiger partial charge < -0.3 is 5.32 Å². The van der Waals surface area contributed by atoms with Crippen LogP contribution >= 0.6 is 0 Å². The fraction of sp³-hybridized carbons (Fsp3) is 0.545. The van der Waals surface area contributed by atoms with Crippen LogP contribution in [0.5, 0.6) is 0 Å². The summed E-state index contributed by atoms with van der Waals surface area (Å²) >= 11 is 0. The SMILES string of the molecule is CCCNCc1cncc(CC)c1. The zero-order chi connectivity index (χ0) is 9.52. The first-order chi connectivity index (χ1) is 6.36. The average molecular weight is 178 g/mol. The smallest absolute Gasteiger partial charge is 0.0313 e. The number of aromatic nitrogens is 1. The van der Waals surface area contributed by atoms with Crippen LogP contribution in [0.1, 0.15) is 31.4 Å². The van der Waals surface area contributed by atoms with E-state index in [2.05, 4.69) is 30.2 Å². The molecule has 0 saturated heterocycles. The van der Waals surface area contributed by atoms with Crippen molar-refractivity contribution in [1.29, 1.82) is 0 Å². The molecule has 2 nitrogen and oxygen atoms in total. The van der Waals surface area contributed by atoms with Crippen LogP contribution in [-0.4, -0.2) is 11.5 Å². The molecule has 13 heavy (non-hydrogen) atoms. The number of nitrogens with zero attached hydrogens (tertiary/aromatic N) is 1. The minimum Gasteiger partial charge on any atom is -0.313 e. The van der Waals surface area contributed by atoms with Crippen molar-refractivity contribution in [3.8, 4) is 0 Å². The van der Waals surface area contributed by atoms with Crippen LogP contribution in [0.25, 0.3) is 0 Å². The predicted octanol–water partition coefficient (Wildman–Crippen LogP) is 2.14. The molecule has 0 aliphatic heterocycles. The highest BCUT2D eigenvalue weighted by Gasteiger charge is 1.94. The number of hydrogen-bond donors (Lipinski definition) is 1. The lowest BCUT2D eigenvalue weighted by Crippen LogP contribution is -2.14. The van der Waals surface area contributed by atoms with Crippen molar-refractivity contribution < 1.29 is 0 Å². The second-order valence-electron chi connectivity index (χ2n) is 3.23. The van der Waals surface area contributed by atoms with E-state index in [1.54, 1.807) is 0 Å². The summed E-state index contributed by atoms with van der Waals surface area (Å²) in [4.78, 5) is 4.19. The quantitative estimate of drug-likeness (QED) is 0.699. The number of aryl methyl sites for hydroxylation is 1. The zero-order valence-corrected chi connectivity index (χ0v) is 8.51. The van der Waals surface area contributed by atoms with E-state index in [4.69, 9.17) is 0 Å². The lowest BCUT2D eigenvalue weighted by Gasteiger charge is -2.03. The molecule has 2 heteroatoms. The standard InChI is InChI=1S/C11H18N2/c1-3-5-12-8-11-6-10(4-2)7-13-9-11/h6-7,9,12H,3-5,8H2,1-2H3. The Hall–Kier alpha value is -0.890. The van der Waals surface area contributed by atoms with Crippen molar-refractivity contribution in [2.24, 2.45) is 0 Å². The largest absolute Gasteiger partial charge is 0.313 e. The molecular weight excluding hydrogens is 160 g/mol. The van der Waals surface area contributed by atoms with Crippen LogP contribution in [0.3, 0.4) is 0 Å². The molecule has 0 saturated carbocycles. The summed E-state index contributed by atoms with van der Waals surface area (Å²) in [6.07, 6.45) is 6.11. The van der Waals surface area contributed by atoms with Crippen molar-refractivity contribution in [2.45, 2.75) is 33.2 Å². The molecule has 0 amide bonds. The van der Waals surface area contributed by atoms with Crippen molar-refractivity contribution in [3.05, 3.63) is 29.6 Å². The molecule has 1 aromatic heterocycles. The molecule has 0 fully saturated rings. The Morgan fingerprint density at radius 3 is 2.69 bits per heavy atom. The van der Waals surface area contributed by atoms with Gasteiger partial charge in [0.15, 0.2) is 0 Å². The van der Waals surface area contributed by atoms with Gasteiger partial charge in [-0.05, 0) is 30.5 Å². The summed E-state index contributed by atoms with van der Waals surface area (Å²) in [7, 11) is 0. The molecule has 1 rings (SSSR count). The lowest BCUT2D eigenvalue weighted by atomic mass is 10.1. The predicted molar refractivity (Wildman–Crippen MR) is 55.6 cm³/mol. The topological polar surface area (TPSA) is 24.9 Å². The summed E-state index contributed by atoms with van der Waals surface area (Å²) in [5.74, 6) is 0. The first-order valence-corrected chi connectivity index (χ1v) is 5.00. The minimum atomic E-state index is 0.939.